The number of carbonyl (C=O) groups excluding carboxylic acids is 1. The van der Waals surface area contributed by atoms with Crippen LogP contribution in [0.2, 0.25) is 0 Å². The largest absolute Gasteiger partial charge is 0.480 e. The van der Waals surface area contributed by atoms with Crippen molar-refractivity contribution in [3.63, 3.8) is 0 Å². The maximum atomic E-state index is 12.9. The Morgan fingerprint density at radius 3 is 2.54 bits per heavy atom. The number of hydrogen-bond acceptors (Lipinski definition) is 4. The molecule has 6 nitrogen and oxygen atoms in total. The average Bonchev–Trinajstić information content (AvgIpc) is 3.41. The Hall–Kier alpha value is -3.15. The lowest BCUT2D eigenvalue weighted by molar-refractivity contribution is -0.139. The number of rotatable bonds is 3. The predicted molar refractivity (Wildman–Crippen MR) is 105 cm³/mol. The number of amides is 1. The smallest absolute Gasteiger partial charge is 0.263 e. The first-order chi connectivity index (χ1) is 13.8. The van der Waals surface area contributed by atoms with E-state index in [0.29, 0.717) is 6.42 Å². The summed E-state index contributed by atoms with van der Waals surface area (Å²) in [6, 6.07) is 18.2. The minimum Gasteiger partial charge on any atom is -0.480 e. The number of likely N-dealkylation sites (tertiary alicyclic amines) is 1. The molecule has 1 amide bonds. The number of benzene rings is 2. The number of para-hydroxylation sites is 1. The molecule has 3 aromatic rings. The van der Waals surface area contributed by atoms with Crippen LogP contribution in [0.15, 0.2) is 60.8 Å². The molecular formula is C22H22N4O2. The van der Waals surface area contributed by atoms with E-state index in [9.17, 15) is 4.79 Å². The van der Waals surface area contributed by atoms with Crippen molar-refractivity contribution in [1.29, 1.82) is 0 Å². The third-order valence-corrected chi connectivity index (χ3v) is 5.65. The van der Waals surface area contributed by atoms with Gasteiger partial charge in [-0.25, -0.2) is 4.68 Å². The molecule has 1 saturated heterocycles. The van der Waals surface area contributed by atoms with Crippen LogP contribution < -0.4 is 4.74 Å². The summed E-state index contributed by atoms with van der Waals surface area (Å²) in [5, 5.41) is 8.64. The van der Waals surface area contributed by atoms with Crippen LogP contribution in [0.1, 0.15) is 24.4 Å². The first-order valence-electron chi connectivity index (χ1n) is 9.78. The molecule has 0 aliphatic carbocycles. The second-order valence-corrected chi connectivity index (χ2v) is 7.42. The van der Waals surface area contributed by atoms with Crippen LogP contribution in [0.3, 0.4) is 0 Å². The van der Waals surface area contributed by atoms with Gasteiger partial charge < -0.3 is 9.64 Å². The Morgan fingerprint density at radius 2 is 1.75 bits per heavy atom. The maximum absolute atomic E-state index is 12.9. The van der Waals surface area contributed by atoms with Crippen molar-refractivity contribution >= 4 is 5.91 Å². The summed E-state index contributed by atoms with van der Waals surface area (Å²) >= 11 is 0. The van der Waals surface area contributed by atoms with E-state index in [1.807, 2.05) is 70.4 Å². The molecule has 0 spiro atoms. The van der Waals surface area contributed by atoms with Gasteiger partial charge in [0.05, 0.1) is 12.2 Å². The van der Waals surface area contributed by atoms with Crippen LogP contribution in [0.4, 0.5) is 0 Å². The molecule has 1 atom stereocenters. The summed E-state index contributed by atoms with van der Waals surface area (Å²) in [5.41, 5.74) is 3.07. The molecule has 2 aliphatic rings. The Kier molecular flexibility index (Phi) is 4.31. The van der Waals surface area contributed by atoms with Gasteiger partial charge in [-0.2, -0.15) is 0 Å². The summed E-state index contributed by atoms with van der Waals surface area (Å²) in [5.74, 6) is 0.935. The monoisotopic (exact) mass is 374 g/mol. The van der Waals surface area contributed by atoms with Crippen LogP contribution in [0.5, 0.6) is 5.75 Å². The molecule has 142 valence electrons. The zero-order valence-electron chi connectivity index (χ0n) is 15.6. The second-order valence-electron chi connectivity index (χ2n) is 7.42. The third kappa shape index (κ3) is 3.15. The molecule has 6 heteroatoms. The highest BCUT2D eigenvalue weighted by atomic mass is 16.5. The predicted octanol–water partition coefficient (Wildman–Crippen LogP) is 3.11. The van der Waals surface area contributed by atoms with Crippen molar-refractivity contribution in [3.8, 4) is 17.0 Å². The van der Waals surface area contributed by atoms with Gasteiger partial charge in [0.25, 0.3) is 5.91 Å². The zero-order valence-corrected chi connectivity index (χ0v) is 15.6. The highest BCUT2D eigenvalue weighted by molar-refractivity contribution is 5.82. The fourth-order valence-corrected chi connectivity index (χ4v) is 4.07. The Labute approximate surface area is 163 Å². The number of carbonyl (C=O) groups is 1. The number of hydrogen-bond donors (Lipinski definition) is 0. The van der Waals surface area contributed by atoms with Crippen molar-refractivity contribution in [2.75, 3.05) is 13.1 Å². The van der Waals surface area contributed by atoms with Gasteiger partial charge in [-0.05, 0) is 24.5 Å². The maximum Gasteiger partial charge on any atom is 0.263 e. The molecule has 0 saturated carbocycles. The molecule has 1 aromatic heterocycles. The lowest BCUT2D eigenvalue weighted by Crippen LogP contribution is -2.45. The quantitative estimate of drug-likeness (QED) is 0.707. The number of aromatic nitrogens is 3. The molecule has 0 bridgehead atoms. The number of nitrogens with zero attached hydrogens (tertiary/aromatic N) is 4. The van der Waals surface area contributed by atoms with Crippen LogP contribution in [0.25, 0.3) is 11.3 Å². The van der Waals surface area contributed by atoms with E-state index in [0.717, 1.165) is 48.5 Å². The topological polar surface area (TPSA) is 60.2 Å². The summed E-state index contributed by atoms with van der Waals surface area (Å²) < 4.78 is 7.82. The molecule has 0 unspecified atom stereocenters. The molecule has 28 heavy (non-hydrogen) atoms. The molecule has 2 aliphatic heterocycles. The molecule has 1 fully saturated rings. The minimum atomic E-state index is -0.384. The third-order valence-electron chi connectivity index (χ3n) is 5.65. The fraction of sp³-hybridized carbons (Fsp3) is 0.318. The SMILES string of the molecule is O=C([C@@H]1Cc2ccccc2O1)N1CCC(n2cc(-c3ccccc3)nn2)CC1. The standard InChI is InChI=1S/C22H22N4O2/c27-22(21-14-17-8-4-5-9-20(17)28-21)25-12-10-18(11-13-25)26-15-19(23-24-26)16-6-2-1-3-7-16/h1-9,15,18,21H,10-14H2/t21-/m0/s1. The van der Waals surface area contributed by atoms with E-state index in [-0.39, 0.29) is 18.1 Å². The molecule has 0 radical (unpaired) electrons. The van der Waals surface area contributed by atoms with Gasteiger partial charge in [0.2, 0.25) is 0 Å². The van der Waals surface area contributed by atoms with Crippen LogP contribution >= 0.6 is 0 Å². The Balaban J connectivity index is 1.20. The Bertz CT molecular complexity index is 952. The van der Waals surface area contributed by atoms with Gasteiger partial charge in [0.1, 0.15) is 11.4 Å². The zero-order chi connectivity index (χ0) is 18.9. The fourth-order valence-electron chi connectivity index (χ4n) is 4.07. The van der Waals surface area contributed by atoms with Crippen LogP contribution in [-0.2, 0) is 11.2 Å². The Morgan fingerprint density at radius 1 is 1.00 bits per heavy atom. The number of ether oxygens (including phenoxy) is 1. The van der Waals surface area contributed by atoms with Crippen molar-refractivity contribution in [2.45, 2.75) is 31.4 Å². The van der Waals surface area contributed by atoms with Gasteiger partial charge in [-0.15, -0.1) is 5.10 Å². The summed E-state index contributed by atoms with van der Waals surface area (Å²) in [6.45, 7) is 1.44. The summed E-state index contributed by atoms with van der Waals surface area (Å²) in [7, 11) is 0. The van der Waals surface area contributed by atoms with Gasteiger partial charge >= 0.3 is 0 Å². The normalized spacial score (nSPS) is 19.3. The molecule has 5 rings (SSSR count). The van der Waals surface area contributed by atoms with Crippen molar-refractivity contribution < 1.29 is 9.53 Å². The summed E-state index contributed by atoms with van der Waals surface area (Å²) in [6.07, 6.45) is 4.04. The van der Waals surface area contributed by atoms with E-state index in [4.69, 9.17) is 4.74 Å². The first-order valence-corrected chi connectivity index (χ1v) is 9.78. The van der Waals surface area contributed by atoms with E-state index in [1.54, 1.807) is 0 Å². The highest BCUT2D eigenvalue weighted by Crippen LogP contribution is 2.30. The molecule has 2 aromatic carbocycles. The second kappa shape index (κ2) is 7.11. The van der Waals surface area contributed by atoms with Gasteiger partial charge in [0.15, 0.2) is 6.10 Å². The lowest BCUT2D eigenvalue weighted by Gasteiger charge is -2.33. The summed E-state index contributed by atoms with van der Waals surface area (Å²) in [4.78, 5) is 14.8. The van der Waals surface area contributed by atoms with Crippen LogP contribution in [0, 0.1) is 0 Å². The van der Waals surface area contributed by atoms with E-state index < -0.39 is 0 Å². The van der Waals surface area contributed by atoms with Gasteiger partial charge in [0, 0.05) is 25.1 Å². The van der Waals surface area contributed by atoms with E-state index in [2.05, 4.69) is 10.3 Å². The lowest BCUT2D eigenvalue weighted by atomic mass is 10.0. The number of fused-ring (bicyclic) bond motifs is 1. The van der Waals surface area contributed by atoms with Crippen molar-refractivity contribution in [1.82, 2.24) is 19.9 Å². The van der Waals surface area contributed by atoms with Gasteiger partial charge in [-0.3, -0.25) is 4.79 Å². The van der Waals surface area contributed by atoms with Crippen molar-refractivity contribution in [2.24, 2.45) is 0 Å². The van der Waals surface area contributed by atoms with E-state index >= 15 is 0 Å². The first kappa shape index (κ1) is 17.0. The van der Waals surface area contributed by atoms with E-state index in [1.165, 1.54) is 0 Å². The average molecular weight is 374 g/mol. The molecule has 3 heterocycles. The highest BCUT2D eigenvalue weighted by Gasteiger charge is 2.34. The molecular weight excluding hydrogens is 352 g/mol. The van der Waals surface area contributed by atoms with Gasteiger partial charge in [-0.1, -0.05) is 53.7 Å². The van der Waals surface area contributed by atoms with Crippen LogP contribution in [-0.4, -0.2) is 45.0 Å². The minimum absolute atomic E-state index is 0.0956. The molecule has 0 N–H and O–H groups in total. The number of piperidine rings is 1. The van der Waals surface area contributed by atoms with Crippen molar-refractivity contribution in [3.05, 3.63) is 66.4 Å².